The van der Waals surface area contributed by atoms with Crippen LogP contribution in [0.5, 0.6) is 0 Å². The highest BCUT2D eigenvalue weighted by Crippen LogP contribution is 2.22. The molecule has 0 spiro atoms. The molecule has 0 aliphatic carbocycles. The highest BCUT2D eigenvalue weighted by atomic mass is 35.5. The van der Waals surface area contributed by atoms with Gasteiger partial charge in [0, 0.05) is 21.4 Å². The predicted molar refractivity (Wildman–Crippen MR) is 99.6 cm³/mol. The molecule has 2 aromatic rings. The smallest absolute Gasteiger partial charge is 0.338 e. The summed E-state index contributed by atoms with van der Waals surface area (Å²) in [6, 6.07) is 9.75. The number of ether oxygens (including phenoxy) is 1. The van der Waals surface area contributed by atoms with Crippen LogP contribution in [-0.4, -0.2) is 24.0 Å². The average Bonchev–Trinajstić information content (AvgIpc) is 2.53. The van der Waals surface area contributed by atoms with E-state index in [9.17, 15) is 14.4 Å². The van der Waals surface area contributed by atoms with E-state index in [2.05, 4.69) is 10.6 Å². The summed E-state index contributed by atoms with van der Waals surface area (Å²) in [6.07, 6.45) is -1.08. The fourth-order valence-electron chi connectivity index (χ4n) is 2.02. The highest BCUT2D eigenvalue weighted by molar-refractivity contribution is 6.35. The third-order valence-corrected chi connectivity index (χ3v) is 3.59. The Bertz CT molecular complexity index is 837. The van der Waals surface area contributed by atoms with Crippen LogP contribution >= 0.6 is 23.2 Å². The first-order valence-corrected chi connectivity index (χ1v) is 8.14. The van der Waals surface area contributed by atoms with Crippen LogP contribution in [0.2, 0.25) is 10.0 Å². The van der Waals surface area contributed by atoms with Crippen molar-refractivity contribution in [3.63, 3.8) is 0 Å². The summed E-state index contributed by atoms with van der Waals surface area (Å²) in [7, 11) is 0. The van der Waals surface area contributed by atoms with Crippen LogP contribution < -0.4 is 16.4 Å². The molecule has 2 rings (SSSR count). The van der Waals surface area contributed by atoms with Gasteiger partial charge in [-0.05, 0) is 43.3 Å². The molecule has 26 heavy (non-hydrogen) atoms. The molecule has 4 N–H and O–H groups in total. The van der Waals surface area contributed by atoms with Crippen LogP contribution in [0.1, 0.15) is 17.3 Å². The lowest BCUT2D eigenvalue weighted by Crippen LogP contribution is -2.30. The van der Waals surface area contributed by atoms with Gasteiger partial charge in [-0.3, -0.25) is 4.79 Å². The molecule has 0 aromatic heterocycles. The van der Waals surface area contributed by atoms with Gasteiger partial charge in [0.1, 0.15) is 0 Å². The van der Waals surface area contributed by atoms with Gasteiger partial charge in [-0.1, -0.05) is 29.3 Å². The summed E-state index contributed by atoms with van der Waals surface area (Å²) in [5.41, 5.74) is 5.89. The summed E-state index contributed by atoms with van der Waals surface area (Å²) in [5.74, 6) is -1.28. The Kier molecular flexibility index (Phi) is 6.43. The first kappa shape index (κ1) is 19.6. The Morgan fingerprint density at radius 1 is 1.00 bits per heavy atom. The molecule has 0 fully saturated rings. The van der Waals surface area contributed by atoms with E-state index in [-0.39, 0.29) is 5.56 Å². The molecule has 0 aliphatic heterocycles. The van der Waals surface area contributed by atoms with Crippen LogP contribution in [0.25, 0.3) is 0 Å². The number of rotatable bonds is 5. The zero-order chi connectivity index (χ0) is 19.3. The molecular formula is C17H15Cl2N3O4. The Balaban J connectivity index is 2.01. The molecule has 3 amide bonds. The second kappa shape index (κ2) is 8.55. The second-order valence-corrected chi connectivity index (χ2v) is 6.14. The van der Waals surface area contributed by atoms with Crippen molar-refractivity contribution in [3.8, 4) is 0 Å². The number of benzene rings is 2. The van der Waals surface area contributed by atoms with E-state index in [0.717, 1.165) is 0 Å². The van der Waals surface area contributed by atoms with Crippen molar-refractivity contribution in [3.05, 3.63) is 58.1 Å². The van der Waals surface area contributed by atoms with Crippen molar-refractivity contribution < 1.29 is 19.1 Å². The highest BCUT2D eigenvalue weighted by Gasteiger charge is 2.19. The zero-order valence-corrected chi connectivity index (χ0v) is 15.1. The predicted octanol–water partition coefficient (Wildman–Crippen LogP) is 3.67. The zero-order valence-electron chi connectivity index (χ0n) is 13.6. The molecule has 0 aliphatic rings. The van der Waals surface area contributed by atoms with Gasteiger partial charge in [0.15, 0.2) is 6.10 Å². The fourth-order valence-corrected chi connectivity index (χ4v) is 2.54. The quantitative estimate of drug-likeness (QED) is 0.670. The number of hydrogen-bond donors (Lipinski definition) is 3. The first-order chi connectivity index (χ1) is 12.2. The van der Waals surface area contributed by atoms with E-state index in [4.69, 9.17) is 33.7 Å². The lowest BCUT2D eigenvalue weighted by Gasteiger charge is -2.14. The van der Waals surface area contributed by atoms with Gasteiger partial charge in [-0.2, -0.15) is 0 Å². The van der Waals surface area contributed by atoms with Gasteiger partial charge >= 0.3 is 12.0 Å². The van der Waals surface area contributed by atoms with Crippen molar-refractivity contribution in [2.45, 2.75) is 13.0 Å². The Hall–Kier alpha value is -2.77. The normalized spacial score (nSPS) is 11.3. The number of primary amides is 1. The lowest BCUT2D eigenvalue weighted by atomic mass is 10.2. The maximum Gasteiger partial charge on any atom is 0.338 e. The number of halogens is 2. The van der Waals surface area contributed by atoms with Crippen LogP contribution in [-0.2, 0) is 9.53 Å². The molecule has 2 aromatic carbocycles. The third kappa shape index (κ3) is 5.65. The number of anilines is 2. The molecular weight excluding hydrogens is 381 g/mol. The Morgan fingerprint density at radius 2 is 1.65 bits per heavy atom. The molecule has 9 heteroatoms. The number of amides is 3. The minimum atomic E-state index is -1.08. The fraction of sp³-hybridized carbons (Fsp3) is 0.118. The van der Waals surface area contributed by atoms with E-state index in [1.165, 1.54) is 37.3 Å². The van der Waals surface area contributed by atoms with Gasteiger partial charge in [0.25, 0.3) is 5.91 Å². The monoisotopic (exact) mass is 395 g/mol. The number of esters is 1. The Labute approximate surface area is 159 Å². The minimum Gasteiger partial charge on any atom is -0.449 e. The molecule has 0 saturated carbocycles. The first-order valence-electron chi connectivity index (χ1n) is 7.39. The maximum absolute atomic E-state index is 12.2. The molecule has 0 saturated heterocycles. The number of carbonyl (C=O) groups excluding carboxylic acids is 3. The number of urea groups is 1. The lowest BCUT2D eigenvalue weighted by molar-refractivity contribution is -0.123. The largest absolute Gasteiger partial charge is 0.449 e. The maximum atomic E-state index is 12.2. The van der Waals surface area contributed by atoms with E-state index >= 15 is 0 Å². The molecule has 0 heterocycles. The molecule has 136 valence electrons. The molecule has 0 bridgehead atoms. The topological polar surface area (TPSA) is 111 Å². The van der Waals surface area contributed by atoms with Crippen LogP contribution in [0, 0.1) is 0 Å². The molecule has 1 atom stereocenters. The van der Waals surface area contributed by atoms with Gasteiger partial charge in [-0.25, -0.2) is 9.59 Å². The Morgan fingerprint density at radius 3 is 2.27 bits per heavy atom. The van der Waals surface area contributed by atoms with Gasteiger partial charge < -0.3 is 21.1 Å². The van der Waals surface area contributed by atoms with Crippen molar-refractivity contribution in [1.82, 2.24) is 0 Å². The van der Waals surface area contributed by atoms with Gasteiger partial charge in [-0.15, -0.1) is 0 Å². The van der Waals surface area contributed by atoms with Crippen molar-refractivity contribution in [2.75, 3.05) is 10.6 Å². The van der Waals surface area contributed by atoms with Crippen LogP contribution in [0.15, 0.2) is 42.5 Å². The summed E-state index contributed by atoms with van der Waals surface area (Å²) in [6.45, 7) is 1.42. The summed E-state index contributed by atoms with van der Waals surface area (Å²) < 4.78 is 5.13. The molecule has 0 unspecified atom stereocenters. The van der Waals surface area contributed by atoms with Crippen molar-refractivity contribution in [1.29, 1.82) is 0 Å². The average molecular weight is 396 g/mol. The summed E-state index contributed by atoms with van der Waals surface area (Å²) >= 11 is 11.7. The van der Waals surface area contributed by atoms with E-state index in [0.29, 0.717) is 21.4 Å². The molecule has 0 radical (unpaired) electrons. The summed E-state index contributed by atoms with van der Waals surface area (Å²) in [4.78, 5) is 35.2. The number of hydrogen-bond acceptors (Lipinski definition) is 4. The number of carbonyl (C=O) groups is 3. The summed E-state index contributed by atoms with van der Waals surface area (Å²) in [5, 5.41) is 5.62. The van der Waals surface area contributed by atoms with Crippen LogP contribution in [0.3, 0.4) is 0 Å². The van der Waals surface area contributed by atoms with E-state index in [1.807, 2.05) is 0 Å². The van der Waals surface area contributed by atoms with Crippen LogP contribution in [0.4, 0.5) is 16.2 Å². The van der Waals surface area contributed by atoms with Crippen molar-refractivity contribution in [2.24, 2.45) is 5.73 Å². The van der Waals surface area contributed by atoms with E-state index in [1.54, 1.807) is 12.1 Å². The molecule has 7 nitrogen and oxygen atoms in total. The second-order valence-electron chi connectivity index (χ2n) is 5.26. The van der Waals surface area contributed by atoms with E-state index < -0.39 is 24.0 Å². The van der Waals surface area contributed by atoms with Gasteiger partial charge in [0.2, 0.25) is 0 Å². The standard InChI is InChI=1S/C17H15Cl2N3O4/c1-9(15(23)21-14-7-11(18)6-12(19)8-14)26-16(24)10-3-2-4-13(5-10)22-17(20)25/h2-9H,1H3,(H,21,23)(H3,20,22,25)/t9-/m0/s1. The number of nitrogens with one attached hydrogen (secondary N) is 2. The van der Waals surface area contributed by atoms with Crippen molar-refractivity contribution >= 4 is 52.5 Å². The third-order valence-electron chi connectivity index (χ3n) is 3.15. The van der Waals surface area contributed by atoms with Gasteiger partial charge in [0.05, 0.1) is 5.56 Å². The minimum absolute atomic E-state index is 0.154. The number of nitrogens with two attached hydrogens (primary N) is 1. The SMILES string of the molecule is C[C@H](OC(=O)c1cccc(NC(N)=O)c1)C(=O)Nc1cc(Cl)cc(Cl)c1.